The number of anilines is 1. The van der Waals surface area contributed by atoms with Gasteiger partial charge in [-0.25, -0.2) is 0 Å². The van der Waals surface area contributed by atoms with Crippen LogP contribution in [0, 0.1) is 13.8 Å². The van der Waals surface area contributed by atoms with Crippen LogP contribution in [0.2, 0.25) is 0 Å². The van der Waals surface area contributed by atoms with Crippen molar-refractivity contribution < 1.29 is 4.74 Å². The molecule has 0 saturated heterocycles. The minimum absolute atomic E-state index is 0.766. The second-order valence-corrected chi connectivity index (χ2v) is 7.14. The average Bonchev–Trinajstić information content (AvgIpc) is 2.90. The second-order valence-electron chi connectivity index (χ2n) is 5.43. The van der Waals surface area contributed by atoms with Gasteiger partial charge in [0.25, 0.3) is 0 Å². The van der Waals surface area contributed by atoms with E-state index in [9.17, 15) is 0 Å². The second kappa shape index (κ2) is 6.01. The number of nitrogens with one attached hydrogen (secondary N) is 1. The van der Waals surface area contributed by atoms with Crippen molar-refractivity contribution in [2.24, 2.45) is 0 Å². The molecular formula is C17H17Br2NO. The summed E-state index contributed by atoms with van der Waals surface area (Å²) in [5, 5.41) is 3.51. The van der Waals surface area contributed by atoms with Gasteiger partial charge in [-0.3, -0.25) is 0 Å². The SMILES string of the molecule is Cc1cc(NCc2cc(Br)cc3c2OCC3)cc(C)c1Br. The van der Waals surface area contributed by atoms with Crippen LogP contribution in [-0.2, 0) is 13.0 Å². The van der Waals surface area contributed by atoms with Crippen molar-refractivity contribution >= 4 is 37.5 Å². The summed E-state index contributed by atoms with van der Waals surface area (Å²) >= 11 is 7.19. The molecule has 3 rings (SSSR count). The summed E-state index contributed by atoms with van der Waals surface area (Å²) in [5.74, 6) is 1.05. The van der Waals surface area contributed by atoms with Crippen molar-refractivity contribution in [3.05, 3.63) is 55.5 Å². The molecule has 2 aromatic rings. The van der Waals surface area contributed by atoms with Crippen LogP contribution in [0.25, 0.3) is 0 Å². The van der Waals surface area contributed by atoms with Crippen molar-refractivity contribution in [2.75, 3.05) is 11.9 Å². The zero-order chi connectivity index (χ0) is 15.0. The summed E-state index contributed by atoms with van der Waals surface area (Å²) in [6.07, 6.45) is 0.998. The molecule has 0 bridgehead atoms. The van der Waals surface area contributed by atoms with Gasteiger partial charge in [0.2, 0.25) is 0 Å². The van der Waals surface area contributed by atoms with Gasteiger partial charge in [0, 0.05) is 33.2 Å². The molecule has 0 spiro atoms. The van der Waals surface area contributed by atoms with E-state index >= 15 is 0 Å². The minimum atomic E-state index is 0.766. The average molecular weight is 411 g/mol. The Morgan fingerprint density at radius 1 is 1.10 bits per heavy atom. The lowest BCUT2D eigenvalue weighted by Gasteiger charge is -2.13. The Bertz CT molecular complexity index is 674. The number of ether oxygens (including phenoxy) is 1. The third kappa shape index (κ3) is 3.11. The predicted molar refractivity (Wildman–Crippen MR) is 94.3 cm³/mol. The first-order valence-corrected chi connectivity index (χ1v) is 8.58. The molecule has 1 aliphatic rings. The summed E-state index contributed by atoms with van der Waals surface area (Å²) in [6.45, 7) is 5.78. The Morgan fingerprint density at radius 3 is 2.52 bits per heavy atom. The lowest BCUT2D eigenvalue weighted by atomic mass is 10.1. The molecule has 0 unspecified atom stereocenters. The lowest BCUT2D eigenvalue weighted by Crippen LogP contribution is -2.02. The molecule has 110 valence electrons. The lowest BCUT2D eigenvalue weighted by molar-refractivity contribution is 0.354. The normalized spacial score (nSPS) is 13.0. The number of benzene rings is 2. The molecule has 1 heterocycles. The summed E-state index contributed by atoms with van der Waals surface area (Å²) < 4.78 is 8.07. The monoisotopic (exact) mass is 409 g/mol. The van der Waals surface area contributed by atoms with Crippen molar-refractivity contribution in [3.63, 3.8) is 0 Å². The number of hydrogen-bond donors (Lipinski definition) is 1. The maximum absolute atomic E-state index is 5.77. The molecule has 0 aromatic heterocycles. The van der Waals surface area contributed by atoms with Gasteiger partial charge in [-0.05, 0) is 54.8 Å². The summed E-state index contributed by atoms with van der Waals surface area (Å²) in [7, 11) is 0. The van der Waals surface area contributed by atoms with Crippen LogP contribution in [0.5, 0.6) is 5.75 Å². The van der Waals surface area contributed by atoms with Crippen LogP contribution in [0.3, 0.4) is 0 Å². The van der Waals surface area contributed by atoms with Crippen LogP contribution in [0.1, 0.15) is 22.3 Å². The fourth-order valence-corrected chi connectivity index (χ4v) is 3.50. The van der Waals surface area contributed by atoms with Crippen molar-refractivity contribution in [2.45, 2.75) is 26.8 Å². The Kier molecular flexibility index (Phi) is 4.27. The van der Waals surface area contributed by atoms with Gasteiger partial charge < -0.3 is 10.1 Å². The van der Waals surface area contributed by atoms with E-state index in [-0.39, 0.29) is 0 Å². The minimum Gasteiger partial charge on any atom is -0.493 e. The van der Waals surface area contributed by atoms with E-state index in [0.29, 0.717) is 0 Å². The van der Waals surface area contributed by atoms with E-state index in [0.717, 1.165) is 35.5 Å². The van der Waals surface area contributed by atoms with Crippen molar-refractivity contribution in [3.8, 4) is 5.75 Å². The number of hydrogen-bond acceptors (Lipinski definition) is 2. The highest BCUT2D eigenvalue weighted by Crippen LogP contribution is 2.33. The highest BCUT2D eigenvalue weighted by atomic mass is 79.9. The van der Waals surface area contributed by atoms with E-state index < -0.39 is 0 Å². The largest absolute Gasteiger partial charge is 0.493 e. The summed E-state index contributed by atoms with van der Waals surface area (Å²) in [5.41, 5.74) is 6.13. The third-order valence-electron chi connectivity index (χ3n) is 3.74. The quantitative estimate of drug-likeness (QED) is 0.733. The topological polar surface area (TPSA) is 21.3 Å². The zero-order valence-electron chi connectivity index (χ0n) is 12.1. The fraction of sp³-hybridized carbons (Fsp3) is 0.294. The number of halogens is 2. The predicted octanol–water partition coefficient (Wildman–Crippen LogP) is 5.38. The van der Waals surface area contributed by atoms with E-state index in [4.69, 9.17) is 4.74 Å². The molecule has 2 aromatic carbocycles. The van der Waals surface area contributed by atoms with Crippen LogP contribution < -0.4 is 10.1 Å². The van der Waals surface area contributed by atoms with Gasteiger partial charge >= 0.3 is 0 Å². The highest BCUT2D eigenvalue weighted by Gasteiger charge is 2.17. The smallest absolute Gasteiger partial charge is 0.127 e. The van der Waals surface area contributed by atoms with E-state index in [1.807, 2.05) is 0 Å². The fourth-order valence-electron chi connectivity index (χ4n) is 2.72. The Balaban J connectivity index is 1.83. The van der Waals surface area contributed by atoms with Crippen molar-refractivity contribution in [1.29, 1.82) is 0 Å². The van der Waals surface area contributed by atoms with Gasteiger partial charge in [-0.15, -0.1) is 0 Å². The molecule has 4 heteroatoms. The van der Waals surface area contributed by atoms with Gasteiger partial charge in [0.1, 0.15) is 5.75 Å². The maximum Gasteiger partial charge on any atom is 0.127 e. The van der Waals surface area contributed by atoms with E-state index in [1.54, 1.807) is 0 Å². The Morgan fingerprint density at radius 2 is 1.81 bits per heavy atom. The Hall–Kier alpha value is -1.00. The standard InChI is InChI=1S/C17H17Br2NO/c1-10-5-15(6-11(2)16(10)19)20-9-13-8-14(18)7-12-3-4-21-17(12)13/h5-8,20H,3-4,9H2,1-2H3. The molecule has 2 nitrogen and oxygen atoms in total. The molecule has 0 fully saturated rings. The summed E-state index contributed by atoms with van der Waals surface area (Å²) in [6, 6.07) is 8.61. The summed E-state index contributed by atoms with van der Waals surface area (Å²) in [4.78, 5) is 0. The molecule has 0 radical (unpaired) electrons. The van der Waals surface area contributed by atoms with Gasteiger partial charge in [0.05, 0.1) is 6.61 Å². The molecule has 0 aliphatic carbocycles. The van der Waals surface area contributed by atoms with Gasteiger partial charge in [-0.1, -0.05) is 31.9 Å². The van der Waals surface area contributed by atoms with Gasteiger partial charge in [0.15, 0.2) is 0 Å². The van der Waals surface area contributed by atoms with Gasteiger partial charge in [-0.2, -0.15) is 0 Å². The molecule has 0 saturated carbocycles. The van der Waals surface area contributed by atoms with Crippen LogP contribution >= 0.6 is 31.9 Å². The molecule has 0 atom stereocenters. The zero-order valence-corrected chi connectivity index (χ0v) is 15.3. The van der Waals surface area contributed by atoms with Crippen LogP contribution in [-0.4, -0.2) is 6.61 Å². The molecule has 0 amide bonds. The molecule has 1 N–H and O–H groups in total. The molecular weight excluding hydrogens is 394 g/mol. The Labute approximate surface area is 142 Å². The third-order valence-corrected chi connectivity index (χ3v) is 5.45. The first-order valence-electron chi connectivity index (χ1n) is 6.99. The van der Waals surface area contributed by atoms with E-state index in [1.165, 1.54) is 26.7 Å². The highest BCUT2D eigenvalue weighted by molar-refractivity contribution is 9.10. The first-order chi connectivity index (χ1) is 10.0. The number of rotatable bonds is 3. The van der Waals surface area contributed by atoms with Crippen LogP contribution in [0.15, 0.2) is 33.2 Å². The van der Waals surface area contributed by atoms with Crippen LogP contribution in [0.4, 0.5) is 5.69 Å². The maximum atomic E-state index is 5.77. The van der Waals surface area contributed by atoms with E-state index in [2.05, 4.69) is 75.3 Å². The van der Waals surface area contributed by atoms with Crippen molar-refractivity contribution in [1.82, 2.24) is 0 Å². The molecule has 1 aliphatic heterocycles. The number of fused-ring (bicyclic) bond motifs is 1. The molecule has 21 heavy (non-hydrogen) atoms. The first kappa shape index (κ1) is 14.9. The number of aryl methyl sites for hydroxylation is 2.